The second-order valence-electron chi connectivity index (χ2n) is 7.77. The fourth-order valence-corrected chi connectivity index (χ4v) is 4.58. The van der Waals surface area contributed by atoms with Crippen molar-refractivity contribution in [2.75, 3.05) is 13.2 Å². The van der Waals surface area contributed by atoms with E-state index < -0.39 is 12.1 Å². The maximum atomic E-state index is 12.2. The number of aliphatic carboxylic acids is 1. The highest BCUT2D eigenvalue weighted by atomic mass is 16.5. The highest BCUT2D eigenvalue weighted by molar-refractivity contribution is 5.79. The van der Waals surface area contributed by atoms with Crippen molar-refractivity contribution in [3.63, 3.8) is 0 Å². The average Bonchev–Trinajstić information content (AvgIpc) is 3.05. The number of hydrogen-bond donors (Lipinski definition) is 2. The lowest BCUT2D eigenvalue weighted by Gasteiger charge is -2.26. The minimum atomic E-state index is -0.731. The molecule has 0 spiro atoms. The van der Waals surface area contributed by atoms with Crippen molar-refractivity contribution < 1.29 is 19.4 Å². The van der Waals surface area contributed by atoms with Gasteiger partial charge in [0.1, 0.15) is 6.61 Å². The van der Waals surface area contributed by atoms with Crippen molar-refractivity contribution >= 4 is 12.1 Å². The summed E-state index contributed by atoms with van der Waals surface area (Å²) < 4.78 is 5.54. The third-order valence-electron chi connectivity index (χ3n) is 6.01. The van der Waals surface area contributed by atoms with Crippen LogP contribution in [0.3, 0.4) is 0 Å². The second-order valence-corrected chi connectivity index (χ2v) is 7.77. The first kappa shape index (κ1) is 18.5. The Morgan fingerprint density at radius 2 is 1.64 bits per heavy atom. The molecular formula is C23H25NO4. The largest absolute Gasteiger partial charge is 0.481 e. The van der Waals surface area contributed by atoms with E-state index in [2.05, 4.69) is 29.6 Å². The van der Waals surface area contributed by atoms with E-state index in [0.717, 1.165) is 19.3 Å². The minimum absolute atomic E-state index is 0.0456. The van der Waals surface area contributed by atoms with E-state index in [0.29, 0.717) is 19.6 Å². The van der Waals surface area contributed by atoms with Crippen LogP contribution < -0.4 is 5.32 Å². The van der Waals surface area contributed by atoms with E-state index >= 15 is 0 Å². The highest BCUT2D eigenvalue weighted by Crippen LogP contribution is 2.44. The molecule has 146 valence electrons. The van der Waals surface area contributed by atoms with E-state index in [1.54, 1.807) is 0 Å². The molecule has 2 N–H and O–H groups in total. The fourth-order valence-electron chi connectivity index (χ4n) is 4.58. The number of ether oxygens (including phenoxy) is 1. The van der Waals surface area contributed by atoms with Crippen LogP contribution >= 0.6 is 0 Å². The molecule has 1 fully saturated rings. The Bertz CT molecular complexity index is 833. The molecule has 0 bridgehead atoms. The highest BCUT2D eigenvalue weighted by Gasteiger charge is 2.30. The zero-order valence-electron chi connectivity index (χ0n) is 15.8. The fraction of sp³-hybridized carbons (Fsp3) is 0.391. The Kier molecular flexibility index (Phi) is 5.33. The standard InChI is InChI=1S/C23H25NO4/c25-22(26)16-7-5-6-15(12-16)13-24-23(27)28-14-21-19-10-3-1-8-17(19)18-9-2-4-11-20(18)21/h1-4,8-11,15-16,21H,5-7,12-14H2,(H,24,27)(H,25,26). The lowest BCUT2D eigenvalue weighted by molar-refractivity contribution is -0.143. The number of hydrogen-bond acceptors (Lipinski definition) is 3. The van der Waals surface area contributed by atoms with E-state index in [1.165, 1.54) is 22.3 Å². The Morgan fingerprint density at radius 1 is 1.00 bits per heavy atom. The van der Waals surface area contributed by atoms with Crippen LogP contribution in [0.2, 0.25) is 0 Å². The summed E-state index contributed by atoms with van der Waals surface area (Å²) in [4.78, 5) is 23.4. The van der Waals surface area contributed by atoms with Crippen molar-refractivity contribution in [1.29, 1.82) is 0 Å². The molecule has 5 nitrogen and oxygen atoms in total. The third kappa shape index (κ3) is 3.75. The molecule has 2 aliphatic rings. The summed E-state index contributed by atoms with van der Waals surface area (Å²) in [5, 5.41) is 12.0. The first-order chi connectivity index (χ1) is 13.6. The number of carboxylic acids is 1. The number of carboxylic acid groups (broad SMARTS) is 1. The van der Waals surface area contributed by atoms with Gasteiger partial charge in [0.05, 0.1) is 5.92 Å². The molecule has 2 atom stereocenters. The molecule has 0 saturated heterocycles. The van der Waals surface area contributed by atoms with Gasteiger partial charge < -0.3 is 15.2 Å². The second kappa shape index (κ2) is 8.05. The van der Waals surface area contributed by atoms with Crippen LogP contribution in [0.5, 0.6) is 0 Å². The van der Waals surface area contributed by atoms with Gasteiger partial charge in [0.2, 0.25) is 0 Å². The maximum absolute atomic E-state index is 12.2. The number of carbonyl (C=O) groups is 2. The summed E-state index contributed by atoms with van der Waals surface area (Å²) >= 11 is 0. The summed E-state index contributed by atoms with van der Waals surface area (Å²) in [6, 6.07) is 16.5. The zero-order chi connectivity index (χ0) is 19.5. The summed E-state index contributed by atoms with van der Waals surface area (Å²) in [6.45, 7) is 0.767. The molecule has 0 aliphatic heterocycles. The smallest absolute Gasteiger partial charge is 0.407 e. The Hall–Kier alpha value is -2.82. The third-order valence-corrected chi connectivity index (χ3v) is 6.01. The van der Waals surface area contributed by atoms with E-state index in [1.807, 2.05) is 24.3 Å². The number of alkyl carbamates (subject to hydrolysis) is 1. The predicted octanol–water partition coefficient (Wildman–Crippen LogP) is 4.42. The number of rotatable bonds is 5. The zero-order valence-corrected chi connectivity index (χ0v) is 15.8. The number of amides is 1. The van der Waals surface area contributed by atoms with Gasteiger partial charge in [-0.25, -0.2) is 4.79 Å². The number of carbonyl (C=O) groups excluding carboxylic acids is 1. The Labute approximate surface area is 164 Å². The molecule has 2 aliphatic carbocycles. The van der Waals surface area contributed by atoms with Crippen molar-refractivity contribution in [1.82, 2.24) is 5.32 Å². The van der Waals surface area contributed by atoms with Crippen molar-refractivity contribution in [3.05, 3.63) is 59.7 Å². The lowest BCUT2D eigenvalue weighted by atomic mass is 9.81. The van der Waals surface area contributed by atoms with E-state index in [9.17, 15) is 14.7 Å². The van der Waals surface area contributed by atoms with E-state index in [-0.39, 0.29) is 17.8 Å². The van der Waals surface area contributed by atoms with Gasteiger partial charge >= 0.3 is 12.1 Å². The van der Waals surface area contributed by atoms with Crippen LogP contribution in [-0.2, 0) is 9.53 Å². The molecule has 5 heteroatoms. The molecule has 28 heavy (non-hydrogen) atoms. The lowest BCUT2D eigenvalue weighted by Crippen LogP contribution is -2.34. The summed E-state index contributed by atoms with van der Waals surface area (Å²) in [7, 11) is 0. The molecule has 1 saturated carbocycles. The number of nitrogens with one attached hydrogen (secondary N) is 1. The number of benzene rings is 2. The van der Waals surface area contributed by atoms with Gasteiger partial charge in [-0.3, -0.25) is 4.79 Å². The topological polar surface area (TPSA) is 75.6 Å². The molecule has 4 rings (SSSR count). The normalized spacial score (nSPS) is 20.9. The maximum Gasteiger partial charge on any atom is 0.407 e. The van der Waals surface area contributed by atoms with Crippen LogP contribution in [0, 0.1) is 11.8 Å². The molecule has 0 aromatic heterocycles. The molecule has 0 radical (unpaired) electrons. The minimum Gasteiger partial charge on any atom is -0.481 e. The van der Waals surface area contributed by atoms with Crippen LogP contribution in [0.4, 0.5) is 4.79 Å². The van der Waals surface area contributed by atoms with Crippen LogP contribution in [-0.4, -0.2) is 30.3 Å². The van der Waals surface area contributed by atoms with Crippen LogP contribution in [0.15, 0.2) is 48.5 Å². The number of fused-ring (bicyclic) bond motifs is 3. The van der Waals surface area contributed by atoms with Crippen molar-refractivity contribution in [2.45, 2.75) is 31.6 Å². The van der Waals surface area contributed by atoms with Gasteiger partial charge in [-0.1, -0.05) is 55.0 Å². The summed E-state index contributed by atoms with van der Waals surface area (Å²) in [5.74, 6) is -0.770. The molecule has 2 aromatic carbocycles. The van der Waals surface area contributed by atoms with E-state index in [4.69, 9.17) is 4.74 Å². The Morgan fingerprint density at radius 3 is 2.29 bits per heavy atom. The molecule has 0 heterocycles. The SMILES string of the molecule is O=C(NCC1CCCC(C(=O)O)C1)OCC1c2ccccc2-c2ccccc21. The van der Waals surface area contributed by atoms with Crippen LogP contribution in [0.1, 0.15) is 42.7 Å². The van der Waals surface area contributed by atoms with Gasteiger partial charge in [0.25, 0.3) is 0 Å². The van der Waals surface area contributed by atoms with Gasteiger partial charge in [0.15, 0.2) is 0 Å². The van der Waals surface area contributed by atoms with Gasteiger partial charge in [-0.05, 0) is 47.4 Å². The first-order valence-electron chi connectivity index (χ1n) is 9.95. The summed E-state index contributed by atoms with van der Waals surface area (Å²) in [6.07, 6.45) is 2.77. The van der Waals surface area contributed by atoms with Gasteiger partial charge in [-0.15, -0.1) is 0 Å². The van der Waals surface area contributed by atoms with Crippen molar-refractivity contribution in [2.24, 2.45) is 11.8 Å². The van der Waals surface area contributed by atoms with Gasteiger partial charge in [0, 0.05) is 12.5 Å². The quantitative estimate of drug-likeness (QED) is 0.806. The summed E-state index contributed by atoms with van der Waals surface area (Å²) in [5.41, 5.74) is 4.78. The van der Waals surface area contributed by atoms with Gasteiger partial charge in [-0.2, -0.15) is 0 Å². The molecule has 1 amide bonds. The van der Waals surface area contributed by atoms with Crippen molar-refractivity contribution in [3.8, 4) is 11.1 Å². The monoisotopic (exact) mass is 379 g/mol. The first-order valence-corrected chi connectivity index (χ1v) is 9.95. The van der Waals surface area contributed by atoms with Crippen LogP contribution in [0.25, 0.3) is 11.1 Å². The molecular weight excluding hydrogens is 354 g/mol. The molecule has 2 aromatic rings. The average molecular weight is 379 g/mol. The Balaban J connectivity index is 1.33. The molecule has 2 unspecified atom stereocenters. The predicted molar refractivity (Wildman–Crippen MR) is 106 cm³/mol.